The molecule has 1 aliphatic carbocycles. The molecule has 0 saturated carbocycles. The lowest BCUT2D eigenvalue weighted by Crippen LogP contribution is -2.38. The Kier molecular flexibility index (Phi) is 4.88. The van der Waals surface area contributed by atoms with Crippen LogP contribution >= 0.6 is 11.8 Å². The van der Waals surface area contributed by atoms with Gasteiger partial charge in [-0.3, -0.25) is 4.79 Å². The molecule has 0 fully saturated rings. The van der Waals surface area contributed by atoms with Crippen LogP contribution in [-0.2, 0) is 17.6 Å². The summed E-state index contributed by atoms with van der Waals surface area (Å²) in [5.74, 6) is 0.492. The molecule has 1 N–H and O–H groups in total. The second kappa shape index (κ2) is 6.44. The van der Waals surface area contributed by atoms with E-state index in [9.17, 15) is 4.79 Å². The molecule has 1 aliphatic rings. The lowest BCUT2D eigenvalue weighted by Gasteiger charge is -2.22. The quantitative estimate of drug-likeness (QED) is 0.839. The number of likely N-dealkylation sites (N-methyl/N-ethyl adjacent to an activating group) is 1. The Hall–Kier alpha value is -1.00. The minimum absolute atomic E-state index is 0.00571. The maximum atomic E-state index is 11.9. The van der Waals surface area contributed by atoms with Crippen molar-refractivity contribution in [3.63, 3.8) is 0 Å². The zero-order chi connectivity index (χ0) is 13.8. The second-order valence-corrected chi connectivity index (χ2v) is 6.16. The summed E-state index contributed by atoms with van der Waals surface area (Å²) in [4.78, 5) is 14.7. The first-order valence-electron chi connectivity index (χ1n) is 6.73. The predicted molar refractivity (Wildman–Crippen MR) is 78.5 cm³/mol. The zero-order valence-corrected chi connectivity index (χ0v) is 12.4. The molecule has 0 radical (unpaired) electrons. The number of rotatable bonds is 5. The topological polar surface area (TPSA) is 40.5 Å². The van der Waals surface area contributed by atoms with Gasteiger partial charge in [0.25, 0.3) is 0 Å². The van der Waals surface area contributed by atoms with Gasteiger partial charge >= 0.3 is 0 Å². The van der Waals surface area contributed by atoms with E-state index in [4.69, 9.17) is 5.11 Å². The largest absolute Gasteiger partial charge is 0.394 e. The van der Waals surface area contributed by atoms with Gasteiger partial charge in [0.2, 0.25) is 5.91 Å². The third kappa shape index (κ3) is 3.51. The molecule has 0 spiro atoms. The first kappa shape index (κ1) is 14.4. The van der Waals surface area contributed by atoms with Gasteiger partial charge in [-0.15, -0.1) is 11.8 Å². The molecule has 0 heterocycles. The number of amides is 1. The summed E-state index contributed by atoms with van der Waals surface area (Å²) in [6.07, 6.45) is 3.61. The Morgan fingerprint density at radius 2 is 2.16 bits per heavy atom. The molecule has 1 atom stereocenters. The average Bonchev–Trinajstić information content (AvgIpc) is 2.90. The van der Waals surface area contributed by atoms with Gasteiger partial charge in [0, 0.05) is 11.9 Å². The van der Waals surface area contributed by atoms with Crippen LogP contribution in [-0.4, -0.2) is 41.4 Å². The third-order valence-electron chi connectivity index (χ3n) is 3.75. The molecule has 1 unspecified atom stereocenters. The van der Waals surface area contributed by atoms with Crippen LogP contribution in [0.15, 0.2) is 23.1 Å². The number of benzene rings is 1. The molecule has 4 heteroatoms. The number of hydrogen-bond acceptors (Lipinski definition) is 3. The minimum Gasteiger partial charge on any atom is -0.394 e. The van der Waals surface area contributed by atoms with Crippen molar-refractivity contribution in [2.24, 2.45) is 0 Å². The summed E-state index contributed by atoms with van der Waals surface area (Å²) in [5.41, 5.74) is 2.90. The number of fused-ring (bicyclic) bond motifs is 1. The van der Waals surface area contributed by atoms with E-state index >= 15 is 0 Å². The van der Waals surface area contributed by atoms with Crippen LogP contribution in [0.2, 0.25) is 0 Å². The predicted octanol–water partition coefficient (Wildman–Crippen LogP) is 2.11. The Morgan fingerprint density at radius 3 is 2.89 bits per heavy atom. The van der Waals surface area contributed by atoms with Crippen LogP contribution < -0.4 is 0 Å². The van der Waals surface area contributed by atoms with E-state index in [2.05, 4.69) is 18.2 Å². The molecule has 19 heavy (non-hydrogen) atoms. The SMILES string of the molecule is CC(CO)N(C)C(=O)CSc1ccc2c(c1)CCC2. The number of nitrogens with zero attached hydrogens (tertiary/aromatic N) is 1. The third-order valence-corrected chi connectivity index (χ3v) is 4.73. The van der Waals surface area contributed by atoms with Crippen LogP contribution in [0.4, 0.5) is 0 Å². The van der Waals surface area contributed by atoms with Gasteiger partial charge in [-0.2, -0.15) is 0 Å². The molecule has 0 aliphatic heterocycles. The fourth-order valence-corrected chi connectivity index (χ4v) is 3.14. The molecule has 0 aromatic heterocycles. The molecule has 1 amide bonds. The van der Waals surface area contributed by atoms with Gasteiger partial charge in [-0.1, -0.05) is 6.07 Å². The fourth-order valence-electron chi connectivity index (χ4n) is 2.25. The monoisotopic (exact) mass is 279 g/mol. The summed E-state index contributed by atoms with van der Waals surface area (Å²) in [7, 11) is 1.74. The van der Waals surface area contributed by atoms with Gasteiger partial charge in [0.05, 0.1) is 18.4 Å². The lowest BCUT2D eigenvalue weighted by molar-refractivity contribution is -0.129. The Morgan fingerprint density at radius 1 is 1.42 bits per heavy atom. The van der Waals surface area contributed by atoms with Crippen molar-refractivity contribution in [1.82, 2.24) is 4.90 Å². The Bertz CT molecular complexity index is 461. The maximum absolute atomic E-state index is 11.9. The molecule has 1 aromatic carbocycles. The minimum atomic E-state index is -0.117. The highest BCUT2D eigenvalue weighted by molar-refractivity contribution is 8.00. The number of aliphatic hydroxyl groups is 1. The van der Waals surface area contributed by atoms with Gasteiger partial charge in [0.15, 0.2) is 0 Å². The van der Waals surface area contributed by atoms with Gasteiger partial charge in [-0.05, 0) is 49.4 Å². The molecule has 2 rings (SSSR count). The number of aryl methyl sites for hydroxylation is 2. The molecule has 0 saturated heterocycles. The summed E-state index contributed by atoms with van der Waals surface area (Å²) in [5, 5.41) is 9.04. The highest BCUT2D eigenvalue weighted by atomic mass is 32.2. The molecular formula is C15H21NO2S. The van der Waals surface area contributed by atoms with Crippen LogP contribution in [0.3, 0.4) is 0 Å². The molecule has 3 nitrogen and oxygen atoms in total. The van der Waals surface area contributed by atoms with Crippen molar-refractivity contribution in [1.29, 1.82) is 0 Å². The van der Waals surface area contributed by atoms with Crippen LogP contribution in [0.25, 0.3) is 0 Å². The van der Waals surface area contributed by atoms with Crippen LogP contribution in [0.1, 0.15) is 24.5 Å². The highest BCUT2D eigenvalue weighted by Crippen LogP contribution is 2.27. The van der Waals surface area contributed by atoms with Gasteiger partial charge in [-0.25, -0.2) is 0 Å². The zero-order valence-electron chi connectivity index (χ0n) is 11.6. The van der Waals surface area contributed by atoms with Crippen molar-refractivity contribution < 1.29 is 9.90 Å². The second-order valence-electron chi connectivity index (χ2n) is 5.11. The smallest absolute Gasteiger partial charge is 0.232 e. The first-order valence-corrected chi connectivity index (χ1v) is 7.71. The van der Waals surface area contributed by atoms with E-state index in [0.29, 0.717) is 5.75 Å². The van der Waals surface area contributed by atoms with Crippen molar-refractivity contribution in [3.05, 3.63) is 29.3 Å². The molecule has 1 aromatic rings. The molecule has 0 bridgehead atoms. The van der Waals surface area contributed by atoms with Crippen molar-refractivity contribution >= 4 is 17.7 Å². The number of aliphatic hydroxyl groups excluding tert-OH is 1. The number of carbonyl (C=O) groups is 1. The number of carbonyl (C=O) groups excluding carboxylic acids is 1. The Balaban J connectivity index is 1.90. The fraction of sp³-hybridized carbons (Fsp3) is 0.533. The van der Waals surface area contributed by atoms with Crippen molar-refractivity contribution in [2.45, 2.75) is 37.1 Å². The Labute approximate surface area is 119 Å². The average molecular weight is 279 g/mol. The van der Waals surface area contributed by atoms with E-state index < -0.39 is 0 Å². The summed E-state index contributed by atoms with van der Waals surface area (Å²) in [6, 6.07) is 6.40. The number of thioether (sulfide) groups is 1. The van der Waals surface area contributed by atoms with Crippen molar-refractivity contribution in [3.8, 4) is 0 Å². The van der Waals surface area contributed by atoms with E-state index in [1.807, 2.05) is 6.92 Å². The maximum Gasteiger partial charge on any atom is 0.232 e. The van der Waals surface area contributed by atoms with E-state index in [1.54, 1.807) is 23.7 Å². The van der Waals surface area contributed by atoms with Crippen LogP contribution in [0, 0.1) is 0 Å². The van der Waals surface area contributed by atoms with E-state index in [0.717, 1.165) is 0 Å². The summed E-state index contributed by atoms with van der Waals surface area (Å²) < 4.78 is 0. The molecule has 104 valence electrons. The lowest BCUT2D eigenvalue weighted by atomic mass is 10.1. The first-order chi connectivity index (χ1) is 9.11. The molecular weight excluding hydrogens is 258 g/mol. The van der Waals surface area contributed by atoms with Crippen LogP contribution in [0.5, 0.6) is 0 Å². The van der Waals surface area contributed by atoms with E-state index in [1.165, 1.54) is 35.3 Å². The summed E-state index contributed by atoms with van der Waals surface area (Å²) >= 11 is 1.58. The van der Waals surface area contributed by atoms with Gasteiger partial charge in [0.1, 0.15) is 0 Å². The normalized spacial score (nSPS) is 15.1. The van der Waals surface area contributed by atoms with E-state index in [-0.39, 0.29) is 18.6 Å². The summed E-state index contributed by atoms with van der Waals surface area (Å²) in [6.45, 7) is 1.85. The van der Waals surface area contributed by atoms with Crippen molar-refractivity contribution in [2.75, 3.05) is 19.4 Å². The number of hydrogen-bond donors (Lipinski definition) is 1. The van der Waals surface area contributed by atoms with Gasteiger partial charge < -0.3 is 10.0 Å². The highest BCUT2D eigenvalue weighted by Gasteiger charge is 2.16. The standard InChI is InChI=1S/C15H21NO2S/c1-11(9-17)16(2)15(18)10-19-14-7-6-12-4-3-5-13(12)8-14/h6-8,11,17H,3-5,9-10H2,1-2H3.